The summed E-state index contributed by atoms with van der Waals surface area (Å²) >= 11 is 1.35. The van der Waals surface area contributed by atoms with Crippen molar-refractivity contribution >= 4 is 23.2 Å². The van der Waals surface area contributed by atoms with Crippen LogP contribution in [-0.2, 0) is 9.53 Å². The van der Waals surface area contributed by atoms with Crippen molar-refractivity contribution in [3.8, 4) is 0 Å². The maximum atomic E-state index is 11.7. The Morgan fingerprint density at radius 3 is 2.83 bits per heavy atom. The second-order valence-electron chi connectivity index (χ2n) is 4.05. The predicted octanol–water partition coefficient (Wildman–Crippen LogP) is 2.60. The van der Waals surface area contributed by atoms with Gasteiger partial charge in [-0.05, 0) is 24.8 Å². The Morgan fingerprint density at radius 1 is 1.44 bits per heavy atom. The molecule has 1 heterocycles. The molecule has 1 rings (SSSR count). The topological polar surface area (TPSA) is 55.4 Å². The van der Waals surface area contributed by atoms with Crippen molar-refractivity contribution in [2.75, 3.05) is 6.61 Å². The van der Waals surface area contributed by atoms with Gasteiger partial charge in [-0.1, -0.05) is 25.8 Å². The van der Waals surface area contributed by atoms with Crippen LogP contribution in [0.25, 0.3) is 0 Å². The van der Waals surface area contributed by atoms with E-state index < -0.39 is 6.04 Å². The Balaban J connectivity index is 2.29. The molecule has 1 aromatic heterocycles. The van der Waals surface area contributed by atoms with Crippen LogP contribution in [0, 0.1) is 0 Å². The summed E-state index contributed by atoms with van der Waals surface area (Å²) in [5.74, 6) is -0.612. The van der Waals surface area contributed by atoms with Gasteiger partial charge in [-0.25, -0.2) is 4.79 Å². The van der Waals surface area contributed by atoms with E-state index >= 15 is 0 Å². The fourth-order valence-electron chi connectivity index (χ4n) is 1.38. The predicted molar refractivity (Wildman–Crippen MR) is 71.7 cm³/mol. The minimum absolute atomic E-state index is 0.233. The van der Waals surface area contributed by atoms with Crippen LogP contribution in [0.15, 0.2) is 17.5 Å². The highest BCUT2D eigenvalue weighted by Crippen LogP contribution is 2.08. The third-order valence-corrected chi connectivity index (χ3v) is 3.31. The Hall–Kier alpha value is -1.36. The highest BCUT2D eigenvalue weighted by atomic mass is 32.1. The lowest BCUT2D eigenvalue weighted by molar-refractivity contribution is -0.145. The van der Waals surface area contributed by atoms with Crippen molar-refractivity contribution < 1.29 is 14.3 Å². The molecule has 1 aromatic rings. The molecule has 1 atom stereocenters. The molecule has 0 saturated carbocycles. The number of ether oxygens (including phenoxy) is 1. The number of rotatable bonds is 7. The average molecular weight is 269 g/mol. The standard InChI is InChI=1S/C13H19NO3S/c1-3-4-5-8-17-13(16)10(2)14-12(15)11-7-6-9-18-11/h6-7,9-10H,3-5,8H2,1-2H3,(H,14,15)/t10-/m0/s1. The molecule has 0 radical (unpaired) electrons. The first-order chi connectivity index (χ1) is 8.65. The highest BCUT2D eigenvalue weighted by molar-refractivity contribution is 7.12. The number of nitrogens with one attached hydrogen (secondary N) is 1. The number of unbranched alkanes of at least 4 members (excludes halogenated alkanes) is 2. The zero-order valence-corrected chi connectivity index (χ0v) is 11.6. The first-order valence-corrected chi connectivity index (χ1v) is 7.04. The van der Waals surface area contributed by atoms with E-state index in [1.807, 2.05) is 5.38 Å². The summed E-state index contributed by atoms with van der Waals surface area (Å²) in [6.45, 7) is 4.14. The minimum Gasteiger partial charge on any atom is -0.464 e. The second kappa shape index (κ2) is 7.87. The molecular weight excluding hydrogens is 250 g/mol. The van der Waals surface area contributed by atoms with Crippen LogP contribution in [0.1, 0.15) is 42.8 Å². The molecule has 0 aliphatic rings. The second-order valence-corrected chi connectivity index (χ2v) is 4.99. The number of carbonyl (C=O) groups is 2. The van der Waals surface area contributed by atoms with Crippen molar-refractivity contribution in [1.29, 1.82) is 0 Å². The van der Waals surface area contributed by atoms with Crippen LogP contribution in [-0.4, -0.2) is 24.5 Å². The number of amides is 1. The van der Waals surface area contributed by atoms with Crippen LogP contribution in [0.5, 0.6) is 0 Å². The maximum Gasteiger partial charge on any atom is 0.328 e. The van der Waals surface area contributed by atoms with Crippen LogP contribution in [0.2, 0.25) is 0 Å². The third-order valence-electron chi connectivity index (χ3n) is 2.44. The first-order valence-electron chi connectivity index (χ1n) is 6.16. The van der Waals surface area contributed by atoms with E-state index in [1.165, 1.54) is 11.3 Å². The zero-order chi connectivity index (χ0) is 13.4. The first kappa shape index (κ1) is 14.7. The Labute approximate surface area is 111 Å². The van der Waals surface area contributed by atoms with Gasteiger partial charge >= 0.3 is 5.97 Å². The van der Waals surface area contributed by atoms with Crippen molar-refractivity contribution in [2.24, 2.45) is 0 Å². The molecule has 0 aliphatic heterocycles. The van der Waals surface area contributed by atoms with Crippen molar-refractivity contribution in [3.63, 3.8) is 0 Å². The van der Waals surface area contributed by atoms with Gasteiger partial charge in [-0.2, -0.15) is 0 Å². The van der Waals surface area contributed by atoms with Crippen LogP contribution < -0.4 is 5.32 Å². The molecule has 18 heavy (non-hydrogen) atoms. The highest BCUT2D eigenvalue weighted by Gasteiger charge is 2.18. The van der Waals surface area contributed by atoms with E-state index in [4.69, 9.17) is 4.74 Å². The molecule has 5 heteroatoms. The number of hydrogen-bond acceptors (Lipinski definition) is 4. The van der Waals surface area contributed by atoms with E-state index in [9.17, 15) is 9.59 Å². The fourth-order valence-corrected chi connectivity index (χ4v) is 2.01. The van der Waals surface area contributed by atoms with Crippen LogP contribution in [0.4, 0.5) is 0 Å². The molecule has 0 aliphatic carbocycles. The molecule has 100 valence electrons. The summed E-state index contributed by atoms with van der Waals surface area (Å²) in [5.41, 5.74) is 0. The Bertz CT molecular complexity index is 376. The van der Waals surface area contributed by atoms with Gasteiger partial charge in [0.2, 0.25) is 0 Å². The van der Waals surface area contributed by atoms with Crippen LogP contribution >= 0.6 is 11.3 Å². The number of esters is 1. The number of hydrogen-bond donors (Lipinski definition) is 1. The summed E-state index contributed by atoms with van der Waals surface area (Å²) in [6.07, 6.45) is 3.00. The molecule has 0 spiro atoms. The third kappa shape index (κ3) is 4.87. The Kier molecular flexibility index (Phi) is 6.43. The summed E-state index contributed by atoms with van der Waals surface area (Å²) in [4.78, 5) is 23.9. The van der Waals surface area contributed by atoms with Crippen molar-refractivity contribution in [2.45, 2.75) is 39.2 Å². The van der Waals surface area contributed by atoms with Gasteiger partial charge in [-0.15, -0.1) is 11.3 Å². The number of thiophene rings is 1. The molecule has 0 fully saturated rings. The molecule has 1 amide bonds. The number of carbonyl (C=O) groups excluding carboxylic acids is 2. The average Bonchev–Trinajstić information content (AvgIpc) is 2.88. The lowest BCUT2D eigenvalue weighted by Crippen LogP contribution is -2.39. The lowest BCUT2D eigenvalue weighted by Gasteiger charge is -2.12. The van der Waals surface area contributed by atoms with Gasteiger partial charge in [0.25, 0.3) is 5.91 Å². The summed E-state index contributed by atoms with van der Waals surface area (Å²) in [6, 6.07) is 2.91. The molecule has 0 unspecified atom stereocenters. The van der Waals surface area contributed by atoms with E-state index in [0.717, 1.165) is 19.3 Å². The van der Waals surface area contributed by atoms with E-state index in [2.05, 4.69) is 12.2 Å². The molecule has 0 bridgehead atoms. The largest absolute Gasteiger partial charge is 0.464 e. The summed E-state index contributed by atoms with van der Waals surface area (Å²) in [7, 11) is 0. The van der Waals surface area contributed by atoms with Gasteiger partial charge in [0.05, 0.1) is 11.5 Å². The van der Waals surface area contributed by atoms with Gasteiger partial charge < -0.3 is 10.1 Å². The monoisotopic (exact) mass is 269 g/mol. The van der Waals surface area contributed by atoms with Gasteiger partial charge in [0.1, 0.15) is 6.04 Å². The lowest BCUT2D eigenvalue weighted by atomic mass is 10.3. The normalized spacial score (nSPS) is 11.9. The summed E-state index contributed by atoms with van der Waals surface area (Å²) in [5, 5.41) is 4.44. The van der Waals surface area contributed by atoms with Crippen LogP contribution in [0.3, 0.4) is 0 Å². The van der Waals surface area contributed by atoms with Gasteiger partial charge in [0.15, 0.2) is 0 Å². The molecule has 1 N–H and O–H groups in total. The SMILES string of the molecule is CCCCCOC(=O)[C@H](C)NC(=O)c1cccs1. The Morgan fingerprint density at radius 2 is 2.22 bits per heavy atom. The molecule has 0 saturated heterocycles. The smallest absolute Gasteiger partial charge is 0.328 e. The maximum absolute atomic E-state index is 11.7. The molecule has 4 nitrogen and oxygen atoms in total. The molecular formula is C13H19NO3S. The van der Waals surface area contributed by atoms with E-state index in [1.54, 1.807) is 19.1 Å². The van der Waals surface area contributed by atoms with Gasteiger partial charge in [0, 0.05) is 0 Å². The fraction of sp³-hybridized carbons (Fsp3) is 0.538. The molecule has 0 aromatic carbocycles. The van der Waals surface area contributed by atoms with E-state index in [0.29, 0.717) is 11.5 Å². The van der Waals surface area contributed by atoms with Crippen molar-refractivity contribution in [3.05, 3.63) is 22.4 Å². The van der Waals surface area contributed by atoms with Gasteiger partial charge in [-0.3, -0.25) is 4.79 Å². The van der Waals surface area contributed by atoms with Crippen molar-refractivity contribution in [1.82, 2.24) is 5.32 Å². The quantitative estimate of drug-likeness (QED) is 0.611. The minimum atomic E-state index is -0.610. The zero-order valence-electron chi connectivity index (χ0n) is 10.8. The summed E-state index contributed by atoms with van der Waals surface area (Å²) < 4.78 is 5.07. The van der Waals surface area contributed by atoms with E-state index in [-0.39, 0.29) is 11.9 Å².